The fraction of sp³-hybridized carbons (Fsp3) is 0.200. The molecule has 0 fully saturated rings. The molecule has 0 saturated carbocycles. The quantitative estimate of drug-likeness (QED) is 0.567. The zero-order valence-corrected chi connectivity index (χ0v) is 15.4. The van der Waals surface area contributed by atoms with Crippen LogP contribution in [0.1, 0.15) is 5.56 Å². The third-order valence-corrected chi connectivity index (χ3v) is 3.55. The van der Waals surface area contributed by atoms with Crippen molar-refractivity contribution < 1.29 is 28.5 Å². The molecular weight excluding hydrogens is 350 g/mol. The highest BCUT2D eigenvalue weighted by Gasteiger charge is 2.09. The lowest BCUT2D eigenvalue weighted by Gasteiger charge is -2.10. The Morgan fingerprint density at radius 3 is 2.33 bits per heavy atom. The molecule has 2 aromatic carbocycles. The van der Waals surface area contributed by atoms with Crippen molar-refractivity contribution in [1.82, 2.24) is 0 Å². The van der Waals surface area contributed by atoms with E-state index in [1.165, 1.54) is 20.3 Å². The third-order valence-electron chi connectivity index (χ3n) is 3.55. The molecule has 7 nitrogen and oxygen atoms in total. The lowest BCUT2D eigenvalue weighted by atomic mass is 10.2. The van der Waals surface area contributed by atoms with Gasteiger partial charge < -0.3 is 24.3 Å². The van der Waals surface area contributed by atoms with Gasteiger partial charge in [0, 0.05) is 23.4 Å². The maximum atomic E-state index is 11.9. The molecule has 0 atom stereocenters. The molecule has 0 aliphatic rings. The van der Waals surface area contributed by atoms with Crippen LogP contribution in [0.3, 0.4) is 0 Å². The number of esters is 1. The molecule has 2 rings (SSSR count). The molecule has 0 aliphatic carbocycles. The van der Waals surface area contributed by atoms with Gasteiger partial charge in [-0.1, -0.05) is 18.2 Å². The van der Waals surface area contributed by atoms with E-state index in [9.17, 15) is 9.59 Å². The van der Waals surface area contributed by atoms with Crippen molar-refractivity contribution in [2.75, 3.05) is 33.3 Å². The fourth-order valence-electron chi connectivity index (χ4n) is 2.26. The van der Waals surface area contributed by atoms with Crippen molar-refractivity contribution >= 4 is 23.6 Å². The number of carbonyl (C=O) groups excluding carboxylic acids is 2. The first-order valence-corrected chi connectivity index (χ1v) is 8.07. The van der Waals surface area contributed by atoms with E-state index in [4.69, 9.17) is 18.9 Å². The average molecular weight is 371 g/mol. The number of methoxy groups -OCH3 is 3. The van der Waals surface area contributed by atoms with Crippen LogP contribution >= 0.6 is 0 Å². The van der Waals surface area contributed by atoms with Crippen LogP contribution in [-0.4, -0.2) is 39.8 Å². The Labute approximate surface area is 157 Å². The molecule has 0 radical (unpaired) electrons. The van der Waals surface area contributed by atoms with Gasteiger partial charge in [0.1, 0.15) is 5.75 Å². The predicted molar refractivity (Wildman–Crippen MR) is 101 cm³/mol. The number of anilines is 1. The predicted octanol–water partition coefficient (Wildman–Crippen LogP) is 2.91. The number of hydrogen-bond donors (Lipinski definition) is 1. The molecule has 1 N–H and O–H groups in total. The Bertz CT molecular complexity index is 831. The van der Waals surface area contributed by atoms with Gasteiger partial charge in [0.05, 0.1) is 21.3 Å². The normalized spacial score (nSPS) is 10.3. The summed E-state index contributed by atoms with van der Waals surface area (Å²) in [6, 6.07) is 12.2. The van der Waals surface area contributed by atoms with E-state index in [1.54, 1.807) is 43.5 Å². The lowest BCUT2D eigenvalue weighted by Crippen LogP contribution is -2.20. The highest BCUT2D eigenvalue weighted by molar-refractivity contribution is 5.95. The van der Waals surface area contributed by atoms with Gasteiger partial charge in [-0.25, -0.2) is 4.79 Å². The van der Waals surface area contributed by atoms with Crippen LogP contribution < -0.4 is 19.5 Å². The van der Waals surface area contributed by atoms with Crippen molar-refractivity contribution in [2.24, 2.45) is 0 Å². The summed E-state index contributed by atoms with van der Waals surface area (Å²) < 4.78 is 20.4. The highest BCUT2D eigenvalue weighted by atomic mass is 16.5. The number of hydrogen-bond acceptors (Lipinski definition) is 6. The molecular formula is C20H21NO6. The van der Waals surface area contributed by atoms with E-state index >= 15 is 0 Å². The molecule has 0 spiro atoms. The highest BCUT2D eigenvalue weighted by Crippen LogP contribution is 2.29. The van der Waals surface area contributed by atoms with Gasteiger partial charge >= 0.3 is 5.97 Å². The zero-order chi connectivity index (χ0) is 19.6. The van der Waals surface area contributed by atoms with Crippen LogP contribution in [0.15, 0.2) is 48.5 Å². The number of nitrogens with one attached hydrogen (secondary N) is 1. The van der Waals surface area contributed by atoms with E-state index < -0.39 is 18.5 Å². The van der Waals surface area contributed by atoms with E-state index in [0.717, 1.165) is 5.56 Å². The summed E-state index contributed by atoms with van der Waals surface area (Å²) in [6.45, 7) is -0.413. The maximum Gasteiger partial charge on any atom is 0.331 e. The minimum atomic E-state index is -0.636. The Balaban J connectivity index is 1.88. The SMILES string of the molecule is COc1ccccc1/C=C/C(=O)OCC(=O)Nc1ccc(OC)c(OC)c1. The van der Waals surface area contributed by atoms with Gasteiger partial charge in [0.2, 0.25) is 0 Å². The first kappa shape index (κ1) is 19.8. The molecule has 0 heterocycles. The summed E-state index contributed by atoms with van der Waals surface area (Å²) in [7, 11) is 4.57. The second-order valence-corrected chi connectivity index (χ2v) is 5.30. The monoisotopic (exact) mass is 371 g/mol. The van der Waals surface area contributed by atoms with Crippen LogP contribution in [-0.2, 0) is 14.3 Å². The molecule has 0 unspecified atom stereocenters. The second kappa shape index (κ2) is 9.86. The Hall–Kier alpha value is -3.48. The smallest absolute Gasteiger partial charge is 0.331 e. The van der Waals surface area contributed by atoms with Crippen LogP contribution in [0.4, 0.5) is 5.69 Å². The molecule has 0 saturated heterocycles. The lowest BCUT2D eigenvalue weighted by molar-refractivity contribution is -0.142. The van der Waals surface area contributed by atoms with Crippen molar-refractivity contribution in [3.8, 4) is 17.2 Å². The zero-order valence-electron chi connectivity index (χ0n) is 15.4. The van der Waals surface area contributed by atoms with Crippen LogP contribution in [0.5, 0.6) is 17.2 Å². The van der Waals surface area contributed by atoms with Gasteiger partial charge in [0.25, 0.3) is 5.91 Å². The van der Waals surface area contributed by atoms with Gasteiger partial charge in [0.15, 0.2) is 18.1 Å². The molecule has 2 aromatic rings. The van der Waals surface area contributed by atoms with Crippen molar-refractivity contribution in [1.29, 1.82) is 0 Å². The maximum absolute atomic E-state index is 11.9. The van der Waals surface area contributed by atoms with Crippen LogP contribution in [0, 0.1) is 0 Å². The number of rotatable bonds is 8. The van der Waals surface area contributed by atoms with Crippen molar-refractivity contribution in [2.45, 2.75) is 0 Å². The molecule has 0 bridgehead atoms. The molecule has 142 valence electrons. The summed E-state index contributed by atoms with van der Waals surface area (Å²) in [5, 5.41) is 2.62. The largest absolute Gasteiger partial charge is 0.496 e. The van der Waals surface area contributed by atoms with E-state index in [1.807, 2.05) is 12.1 Å². The minimum Gasteiger partial charge on any atom is -0.496 e. The number of amides is 1. The van der Waals surface area contributed by atoms with Gasteiger partial charge in [-0.3, -0.25) is 4.79 Å². The third kappa shape index (κ3) is 5.78. The van der Waals surface area contributed by atoms with E-state index in [-0.39, 0.29) is 0 Å². The standard InChI is InChI=1S/C20H21NO6/c1-24-16-7-5-4-6-14(16)8-11-20(23)27-13-19(22)21-15-9-10-17(25-2)18(12-15)26-3/h4-12H,13H2,1-3H3,(H,21,22)/b11-8+. The molecule has 1 amide bonds. The summed E-state index contributed by atoms with van der Waals surface area (Å²) in [5.41, 5.74) is 1.23. The van der Waals surface area contributed by atoms with E-state index in [2.05, 4.69) is 5.32 Å². The average Bonchev–Trinajstić information content (AvgIpc) is 2.70. The van der Waals surface area contributed by atoms with E-state index in [0.29, 0.717) is 22.9 Å². The second-order valence-electron chi connectivity index (χ2n) is 5.30. The number of benzene rings is 2. The number of para-hydroxylation sites is 1. The number of ether oxygens (including phenoxy) is 4. The van der Waals surface area contributed by atoms with Crippen molar-refractivity contribution in [3.63, 3.8) is 0 Å². The molecule has 0 aliphatic heterocycles. The first-order chi connectivity index (χ1) is 13.1. The van der Waals surface area contributed by atoms with Crippen LogP contribution in [0.2, 0.25) is 0 Å². The summed E-state index contributed by atoms with van der Waals surface area (Å²) in [5.74, 6) is 0.549. The summed E-state index contributed by atoms with van der Waals surface area (Å²) in [4.78, 5) is 23.7. The van der Waals surface area contributed by atoms with Gasteiger partial charge in [-0.05, 0) is 24.3 Å². The molecule has 0 aromatic heterocycles. The minimum absolute atomic E-state index is 0.413. The summed E-state index contributed by atoms with van der Waals surface area (Å²) >= 11 is 0. The number of carbonyl (C=O) groups is 2. The first-order valence-electron chi connectivity index (χ1n) is 8.07. The van der Waals surface area contributed by atoms with Gasteiger partial charge in [-0.2, -0.15) is 0 Å². The van der Waals surface area contributed by atoms with Gasteiger partial charge in [-0.15, -0.1) is 0 Å². The van der Waals surface area contributed by atoms with Crippen molar-refractivity contribution in [3.05, 3.63) is 54.1 Å². The van der Waals surface area contributed by atoms with Crippen LogP contribution in [0.25, 0.3) is 6.08 Å². The Morgan fingerprint density at radius 1 is 0.926 bits per heavy atom. The Kier molecular flexibility index (Phi) is 7.25. The fourth-order valence-corrected chi connectivity index (χ4v) is 2.26. The Morgan fingerprint density at radius 2 is 1.63 bits per heavy atom. The topological polar surface area (TPSA) is 83.1 Å². The molecule has 27 heavy (non-hydrogen) atoms. The molecule has 7 heteroatoms. The summed E-state index contributed by atoms with van der Waals surface area (Å²) in [6.07, 6.45) is 2.80.